The van der Waals surface area contributed by atoms with Gasteiger partial charge in [0.2, 0.25) is 0 Å². The zero-order valence-corrected chi connectivity index (χ0v) is 18.1. The number of halogens is 2. The zero-order valence-electron chi connectivity index (χ0n) is 14.1. The van der Waals surface area contributed by atoms with Gasteiger partial charge in [0.25, 0.3) is 11.8 Å². The van der Waals surface area contributed by atoms with Crippen molar-refractivity contribution in [1.29, 1.82) is 0 Å². The number of nitrogens with one attached hydrogen (secondary N) is 1. The molecule has 5 nitrogen and oxygen atoms in total. The van der Waals surface area contributed by atoms with Gasteiger partial charge < -0.3 is 5.11 Å². The molecule has 1 saturated heterocycles. The van der Waals surface area contributed by atoms with Crippen LogP contribution >= 0.6 is 44.1 Å². The Kier molecular flexibility index (Phi) is 5.78. The first-order valence-electron chi connectivity index (χ1n) is 8.00. The molecule has 1 fully saturated rings. The highest BCUT2D eigenvalue weighted by molar-refractivity contribution is 9.11. The Morgan fingerprint density at radius 3 is 2.30 bits per heavy atom. The molecule has 27 heavy (non-hydrogen) atoms. The Balaban J connectivity index is 2.01. The minimum Gasteiger partial charge on any atom is -0.506 e. The number of carbonyl (C=O) groups is 2. The van der Waals surface area contributed by atoms with Crippen LogP contribution in [0.25, 0.3) is 6.08 Å². The molecule has 8 heteroatoms. The van der Waals surface area contributed by atoms with Crippen LogP contribution in [0.4, 0.5) is 5.69 Å². The number of benzene rings is 2. The van der Waals surface area contributed by atoms with Gasteiger partial charge in [0.05, 0.1) is 14.6 Å². The predicted octanol–water partition coefficient (Wildman–Crippen LogP) is 4.31. The van der Waals surface area contributed by atoms with Crippen molar-refractivity contribution in [3.8, 4) is 5.75 Å². The van der Waals surface area contributed by atoms with E-state index in [1.807, 2.05) is 19.1 Å². The van der Waals surface area contributed by atoms with Crippen LogP contribution in [0, 0.1) is 0 Å². The molecule has 2 N–H and O–H groups in total. The Morgan fingerprint density at radius 2 is 1.74 bits per heavy atom. The van der Waals surface area contributed by atoms with Crippen LogP contribution in [-0.2, 0) is 16.0 Å². The number of carbonyl (C=O) groups excluding carboxylic acids is 2. The fourth-order valence-electron chi connectivity index (χ4n) is 2.61. The van der Waals surface area contributed by atoms with Crippen LogP contribution in [0.15, 0.2) is 50.9 Å². The lowest BCUT2D eigenvalue weighted by atomic mass is 10.1. The molecule has 0 atom stereocenters. The highest BCUT2D eigenvalue weighted by Gasteiger charge is 2.34. The smallest absolute Gasteiger partial charge is 0.270 e. The maximum atomic E-state index is 13.0. The molecule has 138 valence electrons. The summed E-state index contributed by atoms with van der Waals surface area (Å²) in [5, 5.41) is 12.4. The van der Waals surface area contributed by atoms with Crippen LogP contribution in [-0.4, -0.2) is 22.0 Å². The van der Waals surface area contributed by atoms with Crippen molar-refractivity contribution in [2.45, 2.75) is 13.3 Å². The Bertz CT molecular complexity index is 964. The molecular formula is C19H14Br2N2O3S. The maximum Gasteiger partial charge on any atom is 0.270 e. The van der Waals surface area contributed by atoms with Crippen molar-refractivity contribution in [2.24, 2.45) is 0 Å². The van der Waals surface area contributed by atoms with E-state index >= 15 is 0 Å². The molecule has 2 aromatic rings. The quantitative estimate of drug-likeness (QED) is 0.367. The SMILES string of the molecule is CCc1ccc(N2C(=O)/C(=C/c3cc(Br)c(O)c(Br)c3)C(=O)NC2=S)cc1. The van der Waals surface area contributed by atoms with E-state index < -0.39 is 11.8 Å². The molecule has 1 aliphatic rings. The zero-order chi connectivity index (χ0) is 19.7. The van der Waals surface area contributed by atoms with Gasteiger partial charge in [-0.2, -0.15) is 0 Å². The van der Waals surface area contributed by atoms with E-state index in [1.165, 1.54) is 11.0 Å². The number of nitrogens with zero attached hydrogens (tertiary/aromatic N) is 1. The molecule has 0 spiro atoms. The lowest BCUT2D eigenvalue weighted by molar-refractivity contribution is -0.122. The second kappa shape index (κ2) is 7.92. The molecule has 0 radical (unpaired) electrons. The molecule has 0 unspecified atom stereocenters. The largest absolute Gasteiger partial charge is 0.506 e. The molecule has 0 bridgehead atoms. The summed E-state index contributed by atoms with van der Waals surface area (Å²) in [6.07, 6.45) is 2.34. The van der Waals surface area contributed by atoms with E-state index in [0.29, 0.717) is 20.2 Å². The van der Waals surface area contributed by atoms with Crippen LogP contribution in [0.5, 0.6) is 5.75 Å². The van der Waals surface area contributed by atoms with E-state index in [1.54, 1.807) is 24.3 Å². The van der Waals surface area contributed by atoms with Crippen LogP contribution in [0.2, 0.25) is 0 Å². The van der Waals surface area contributed by atoms with Gasteiger partial charge in [-0.3, -0.25) is 19.8 Å². The molecule has 0 aliphatic carbocycles. The summed E-state index contributed by atoms with van der Waals surface area (Å²) in [5.41, 5.74) is 2.24. The van der Waals surface area contributed by atoms with Gasteiger partial charge in [0, 0.05) is 0 Å². The molecule has 1 heterocycles. The highest BCUT2D eigenvalue weighted by atomic mass is 79.9. The Hall–Kier alpha value is -2.03. The Labute approximate surface area is 178 Å². The number of hydrogen-bond donors (Lipinski definition) is 2. The lowest BCUT2D eigenvalue weighted by Gasteiger charge is -2.29. The number of phenols is 1. The van der Waals surface area contributed by atoms with Crippen molar-refractivity contribution in [1.82, 2.24) is 5.32 Å². The van der Waals surface area contributed by atoms with E-state index in [2.05, 4.69) is 37.2 Å². The second-order valence-electron chi connectivity index (χ2n) is 5.81. The van der Waals surface area contributed by atoms with Gasteiger partial charge in [0.15, 0.2) is 5.11 Å². The van der Waals surface area contributed by atoms with E-state index in [4.69, 9.17) is 12.2 Å². The van der Waals surface area contributed by atoms with Crippen LogP contribution in [0.1, 0.15) is 18.1 Å². The molecule has 0 aromatic heterocycles. The summed E-state index contributed by atoms with van der Waals surface area (Å²) >= 11 is 11.7. The first-order valence-corrected chi connectivity index (χ1v) is 9.99. The number of anilines is 1. The fourth-order valence-corrected chi connectivity index (χ4v) is 4.11. The topological polar surface area (TPSA) is 69.6 Å². The van der Waals surface area contributed by atoms with Gasteiger partial charge >= 0.3 is 0 Å². The van der Waals surface area contributed by atoms with Gasteiger partial charge in [-0.1, -0.05) is 19.1 Å². The second-order valence-corrected chi connectivity index (χ2v) is 7.91. The molecule has 2 amide bonds. The highest BCUT2D eigenvalue weighted by Crippen LogP contribution is 2.34. The Morgan fingerprint density at radius 1 is 1.15 bits per heavy atom. The first kappa shape index (κ1) is 19.7. The summed E-state index contributed by atoms with van der Waals surface area (Å²) < 4.78 is 0.879. The number of thiocarbonyl (C=S) groups is 1. The standard InChI is InChI=1S/C19H14Br2N2O3S/c1-2-10-3-5-12(6-4-10)23-18(26)13(17(25)22-19(23)27)7-11-8-14(20)16(24)15(21)9-11/h3-9,24H,2H2,1H3,(H,22,25,27)/b13-7+. The summed E-state index contributed by atoms with van der Waals surface area (Å²) in [6, 6.07) is 10.7. The molecule has 1 aliphatic heterocycles. The van der Waals surface area contributed by atoms with Gasteiger partial charge in [-0.05, 0) is 92.0 Å². The molecule has 2 aromatic carbocycles. The lowest BCUT2D eigenvalue weighted by Crippen LogP contribution is -2.54. The molecule has 0 saturated carbocycles. The molecular weight excluding hydrogens is 496 g/mol. The number of phenolic OH excluding ortho intramolecular Hbond substituents is 1. The van der Waals surface area contributed by atoms with E-state index in [9.17, 15) is 14.7 Å². The summed E-state index contributed by atoms with van der Waals surface area (Å²) in [6.45, 7) is 2.04. The van der Waals surface area contributed by atoms with Gasteiger partial charge in [-0.15, -0.1) is 0 Å². The number of amides is 2. The summed E-state index contributed by atoms with van der Waals surface area (Å²) in [5.74, 6) is -1.03. The average molecular weight is 510 g/mol. The van der Waals surface area contributed by atoms with Crippen molar-refractivity contribution in [3.05, 3.63) is 62.0 Å². The third-order valence-electron chi connectivity index (χ3n) is 4.05. The number of aromatic hydroxyl groups is 1. The minimum atomic E-state index is -0.563. The van der Waals surface area contributed by atoms with Crippen molar-refractivity contribution in [2.75, 3.05) is 4.90 Å². The molecule has 3 rings (SSSR count). The van der Waals surface area contributed by atoms with Gasteiger partial charge in [-0.25, -0.2) is 0 Å². The van der Waals surface area contributed by atoms with E-state index in [0.717, 1.165) is 12.0 Å². The number of rotatable bonds is 3. The fraction of sp³-hybridized carbons (Fsp3) is 0.105. The van der Waals surface area contributed by atoms with E-state index in [-0.39, 0.29) is 16.4 Å². The van der Waals surface area contributed by atoms with Crippen LogP contribution < -0.4 is 10.2 Å². The predicted molar refractivity (Wildman–Crippen MR) is 116 cm³/mol. The third-order valence-corrected chi connectivity index (χ3v) is 5.55. The van der Waals surface area contributed by atoms with Gasteiger partial charge in [0.1, 0.15) is 11.3 Å². The van der Waals surface area contributed by atoms with Crippen molar-refractivity contribution in [3.63, 3.8) is 0 Å². The summed E-state index contributed by atoms with van der Waals surface area (Å²) in [7, 11) is 0. The minimum absolute atomic E-state index is 0.0374. The normalized spacial score (nSPS) is 16.0. The maximum absolute atomic E-state index is 13.0. The van der Waals surface area contributed by atoms with Crippen molar-refractivity contribution >= 4 is 72.8 Å². The third kappa shape index (κ3) is 3.97. The summed E-state index contributed by atoms with van der Waals surface area (Å²) in [4.78, 5) is 26.6. The number of hydrogen-bond acceptors (Lipinski definition) is 4. The number of aryl methyl sites for hydroxylation is 1. The van der Waals surface area contributed by atoms with Crippen LogP contribution in [0.3, 0.4) is 0 Å². The van der Waals surface area contributed by atoms with Crippen molar-refractivity contribution < 1.29 is 14.7 Å². The monoisotopic (exact) mass is 508 g/mol. The average Bonchev–Trinajstić information content (AvgIpc) is 2.63. The first-order chi connectivity index (χ1) is 12.8.